The number of rotatable bonds is 11. The number of hydrogen-bond donors (Lipinski definition) is 0. The van der Waals surface area contributed by atoms with Gasteiger partial charge in [-0.15, -0.1) is 0 Å². The Balaban J connectivity index is 0.807. The second-order valence-corrected chi connectivity index (χ2v) is 37.9. The van der Waals surface area contributed by atoms with Crippen LogP contribution in [-0.4, -0.2) is 19.5 Å². The van der Waals surface area contributed by atoms with E-state index in [4.69, 9.17) is 0 Å². The topological polar surface area (TPSA) is 16.2 Å². The average molecular weight is 1580 g/mol. The lowest BCUT2D eigenvalue weighted by Crippen LogP contribution is -2.65. The second-order valence-electron chi connectivity index (χ2n) is 36.8. The Kier molecular flexibility index (Phi) is 17.5. The van der Waals surface area contributed by atoms with Crippen molar-refractivity contribution in [2.24, 2.45) is 23.7 Å². The fourth-order valence-electron chi connectivity index (χ4n) is 24.5. The highest BCUT2D eigenvalue weighted by molar-refractivity contribution is 7.99. The molecule has 1 spiro atoms. The van der Waals surface area contributed by atoms with E-state index in [0.29, 0.717) is 29.7 Å². The van der Waals surface area contributed by atoms with Crippen LogP contribution in [0.1, 0.15) is 132 Å². The monoisotopic (exact) mass is 1580 g/mol. The number of para-hydroxylation sites is 7. The van der Waals surface area contributed by atoms with Gasteiger partial charge in [-0.05, 0) is 222 Å². The van der Waals surface area contributed by atoms with Crippen molar-refractivity contribution in [2.75, 3.05) is 24.5 Å². The van der Waals surface area contributed by atoms with Crippen LogP contribution in [0.25, 0.3) is 33.4 Å². The smallest absolute Gasteiger partial charge is 0.252 e. The molecule has 586 valence electrons. The Morgan fingerprint density at radius 1 is 0.314 bits per heavy atom. The maximum absolute atomic E-state index is 3.17. The minimum Gasteiger partial charge on any atom is -0.339 e. The first kappa shape index (κ1) is 72.8. The molecule has 15 aromatic carbocycles. The van der Waals surface area contributed by atoms with Crippen molar-refractivity contribution in [1.82, 2.24) is 0 Å². The molecule has 0 radical (unpaired) electrons. The Labute approximate surface area is 718 Å². The highest BCUT2D eigenvalue weighted by Gasteiger charge is 2.57. The summed E-state index contributed by atoms with van der Waals surface area (Å²) in [5.41, 5.74) is 38.2. The van der Waals surface area contributed by atoms with Crippen LogP contribution in [0, 0.1) is 23.7 Å². The molecular weight excluding hydrogens is 1480 g/mol. The summed E-state index contributed by atoms with van der Waals surface area (Å²) in [5, 5.41) is 0. The van der Waals surface area contributed by atoms with Crippen molar-refractivity contribution in [1.29, 1.82) is 0 Å². The second kappa shape index (κ2) is 29.0. The van der Waals surface area contributed by atoms with Gasteiger partial charge in [0.15, 0.2) is 0 Å². The van der Waals surface area contributed by atoms with Crippen LogP contribution in [0.2, 0.25) is 0 Å². The zero-order valence-electron chi connectivity index (χ0n) is 69.3. The van der Waals surface area contributed by atoms with E-state index in [1.54, 1.807) is 0 Å². The van der Waals surface area contributed by atoms with Gasteiger partial charge in [0.1, 0.15) is 0 Å². The molecular formula is C113H97B2N5S. The van der Waals surface area contributed by atoms with Crippen molar-refractivity contribution < 1.29 is 0 Å². The minimum atomic E-state index is -0.761. The van der Waals surface area contributed by atoms with E-state index in [-0.39, 0.29) is 18.8 Å². The largest absolute Gasteiger partial charge is 0.339 e. The maximum atomic E-state index is 3.17. The normalized spacial score (nSPS) is 18.2. The number of nitrogens with zero attached hydrogens (tertiary/aromatic N) is 5. The Morgan fingerprint density at radius 2 is 0.736 bits per heavy atom. The van der Waals surface area contributed by atoms with Gasteiger partial charge in [-0.2, -0.15) is 0 Å². The average Bonchev–Trinajstić information content (AvgIpc) is 1.65. The van der Waals surface area contributed by atoms with Crippen LogP contribution in [0.5, 0.6) is 0 Å². The standard InChI is InChI=1S/C113H97B2N5S/c1-112(2,3)78-66-103-109-104(67-78)120(111-85(76-42-15-6-16-43-76)56-37-57-86(111)77-44-17-7-18-45-77)102-73-108-92(71-96(102)114(109)93-60-31-35-64-99(93)117(103)80-48-21-9-22-49-80)113(89-58-29-25-54-87(89)88-55-26-30-59-90(88)113)91-70-95-101(72-107(91)121-108)118(81-50-23-10-24-51-81)105-68-82(116(79-46-19-8-20-47-79)97-62-33-27-52-83(97)74-38-11-4-12-39-74)69-106-110(105)115(95)94-61-32-36-65-100(94)119(106)98-63-34-28-53-84(98)75-40-13-5-14-41-75/h4-5,8-14,19-36,38-41,46-55,58-73,76-77,85-86,111H,6-7,15-18,37,42-45,56-57H2,1-3H3. The van der Waals surface area contributed by atoms with Gasteiger partial charge in [-0.1, -0.05) is 352 Å². The predicted molar refractivity (Wildman–Crippen MR) is 512 cm³/mol. The molecule has 0 N–H and O–H groups in total. The van der Waals surface area contributed by atoms with Crippen LogP contribution < -0.4 is 57.3 Å². The van der Waals surface area contributed by atoms with Crippen molar-refractivity contribution in [3.8, 4) is 33.4 Å². The number of fused-ring (bicyclic) bond motifs is 17. The molecule has 121 heavy (non-hydrogen) atoms. The minimum absolute atomic E-state index is 0.0620. The summed E-state index contributed by atoms with van der Waals surface area (Å²) in [6, 6.07) is 135. The highest BCUT2D eigenvalue weighted by Crippen LogP contribution is 2.65. The van der Waals surface area contributed by atoms with Crippen molar-refractivity contribution in [3.63, 3.8) is 0 Å². The maximum Gasteiger partial charge on any atom is 0.252 e. The zero-order valence-corrected chi connectivity index (χ0v) is 70.1. The third-order valence-electron chi connectivity index (χ3n) is 29.5. The third-order valence-corrected chi connectivity index (χ3v) is 30.7. The molecule has 4 aliphatic carbocycles. The molecule has 3 saturated carbocycles. The molecule has 0 saturated heterocycles. The number of hydrogen-bond acceptors (Lipinski definition) is 6. The van der Waals surface area contributed by atoms with E-state index in [0.717, 1.165) is 50.9 Å². The van der Waals surface area contributed by atoms with Crippen LogP contribution in [-0.2, 0) is 10.8 Å². The quantitative estimate of drug-likeness (QED) is 0.119. The van der Waals surface area contributed by atoms with Crippen molar-refractivity contribution in [3.05, 3.63) is 374 Å². The summed E-state index contributed by atoms with van der Waals surface area (Å²) >= 11 is 2.05. The van der Waals surface area contributed by atoms with Crippen LogP contribution in [0.4, 0.5) is 79.6 Å². The summed E-state index contributed by atoms with van der Waals surface area (Å²) in [7, 11) is 0. The van der Waals surface area contributed by atoms with Crippen molar-refractivity contribution in [2.45, 2.75) is 131 Å². The Morgan fingerprint density at radius 3 is 1.31 bits per heavy atom. The lowest BCUT2D eigenvalue weighted by atomic mass is 9.33. The van der Waals surface area contributed by atoms with E-state index >= 15 is 0 Å². The van der Waals surface area contributed by atoms with Gasteiger partial charge in [-0.3, -0.25) is 0 Å². The van der Waals surface area contributed by atoms with Gasteiger partial charge in [0.05, 0.1) is 22.5 Å². The van der Waals surface area contributed by atoms with Crippen LogP contribution in [0.15, 0.2) is 356 Å². The molecule has 24 rings (SSSR count). The van der Waals surface area contributed by atoms with E-state index in [2.05, 4.69) is 403 Å². The lowest BCUT2D eigenvalue weighted by Gasteiger charge is -2.55. The van der Waals surface area contributed by atoms with Crippen LogP contribution >= 0.6 is 11.8 Å². The SMILES string of the molecule is CC(C)(C)c1cc2c3c(c1)N(C1C(C4CCCCC4)CCCC1C1CCCCC1)c1cc4c(cc1B3c1ccccc1N2c1ccccc1)C1(c2cc3c(cc2S4)N(c2ccccc2)c2cc(N(c4ccccc4)c4ccccc4-c4ccccc4)cc4c2B3c2ccccc2N4c2ccccc2-c2ccccc2)c2ccccc2-c2ccccc21. The molecule has 0 bridgehead atoms. The first-order valence-corrected chi connectivity index (χ1v) is 45.8. The molecule has 2 atom stereocenters. The molecule has 2 unspecified atom stereocenters. The van der Waals surface area contributed by atoms with Gasteiger partial charge < -0.3 is 24.5 Å². The number of anilines is 14. The predicted octanol–water partition coefficient (Wildman–Crippen LogP) is 26.4. The third kappa shape index (κ3) is 11.4. The molecule has 5 heterocycles. The summed E-state index contributed by atoms with van der Waals surface area (Å²) < 4.78 is 0. The molecule has 5 nitrogen and oxygen atoms in total. The highest BCUT2D eigenvalue weighted by atomic mass is 32.2. The molecule has 9 aliphatic rings. The first-order chi connectivity index (χ1) is 59.7. The van der Waals surface area contributed by atoms with Gasteiger partial charge in [0.25, 0.3) is 13.4 Å². The molecule has 15 aromatic rings. The summed E-state index contributed by atoms with van der Waals surface area (Å²) in [6.07, 6.45) is 17.4. The van der Waals surface area contributed by atoms with E-state index in [1.807, 2.05) is 0 Å². The van der Waals surface area contributed by atoms with Gasteiger partial charge in [0, 0.05) is 89.5 Å². The Bertz CT molecular complexity index is 6500. The van der Waals surface area contributed by atoms with Gasteiger partial charge >= 0.3 is 0 Å². The summed E-state index contributed by atoms with van der Waals surface area (Å²) in [6.45, 7) is 7.13. The van der Waals surface area contributed by atoms with Crippen LogP contribution in [0.3, 0.4) is 0 Å². The fraction of sp³-hybridized carbons (Fsp3) is 0.204. The first-order valence-electron chi connectivity index (χ1n) is 44.9. The lowest BCUT2D eigenvalue weighted by molar-refractivity contribution is 0.0839. The molecule has 0 aromatic heterocycles. The zero-order chi connectivity index (χ0) is 80.2. The summed E-state index contributed by atoms with van der Waals surface area (Å²) in [5.74, 6) is 2.52. The summed E-state index contributed by atoms with van der Waals surface area (Å²) in [4.78, 5) is 16.4. The van der Waals surface area contributed by atoms with E-state index in [1.165, 1.54) is 216 Å². The fourth-order valence-corrected chi connectivity index (χ4v) is 25.7. The molecule has 5 aliphatic heterocycles. The van der Waals surface area contributed by atoms with Gasteiger partial charge in [-0.25, -0.2) is 0 Å². The Hall–Kier alpha value is -12.2. The van der Waals surface area contributed by atoms with Gasteiger partial charge in [0.2, 0.25) is 0 Å². The molecule has 0 amide bonds. The molecule has 3 fully saturated rings. The van der Waals surface area contributed by atoms with E-state index < -0.39 is 5.41 Å². The number of benzene rings is 15. The molecule has 8 heteroatoms. The van der Waals surface area contributed by atoms with Crippen molar-refractivity contribution >= 4 is 138 Å². The van der Waals surface area contributed by atoms with E-state index in [9.17, 15) is 0 Å².